The standard InChI is InChI=1S/C21H33N3O2/c1-15(2)23-14-8-12-18(23)17-11-7-13-22-19(17)24(16-9-6-10-16)20(25)26-21(3,4)5/h7,11,13,15-16,18H,6,8-10,12,14H2,1-5H3. The number of likely N-dealkylation sites (tertiary alicyclic amines) is 1. The van der Waals surface area contributed by atoms with E-state index in [1.54, 1.807) is 6.20 Å². The maximum Gasteiger partial charge on any atom is 0.416 e. The monoisotopic (exact) mass is 359 g/mol. The maximum atomic E-state index is 13.0. The second-order valence-corrected chi connectivity index (χ2v) is 8.84. The molecule has 3 rings (SSSR count). The summed E-state index contributed by atoms with van der Waals surface area (Å²) in [4.78, 5) is 22.1. The van der Waals surface area contributed by atoms with Crippen LogP contribution < -0.4 is 4.90 Å². The number of carbonyl (C=O) groups is 1. The van der Waals surface area contributed by atoms with E-state index in [1.165, 1.54) is 6.42 Å². The molecule has 5 nitrogen and oxygen atoms in total. The summed E-state index contributed by atoms with van der Waals surface area (Å²) in [6.07, 6.45) is 7.03. The highest BCUT2D eigenvalue weighted by molar-refractivity contribution is 5.88. The first-order valence-corrected chi connectivity index (χ1v) is 10.0. The van der Waals surface area contributed by atoms with Gasteiger partial charge in [-0.2, -0.15) is 0 Å². The molecule has 0 bridgehead atoms. The predicted octanol–water partition coefficient (Wildman–Crippen LogP) is 4.92. The molecule has 1 aromatic rings. The first-order valence-electron chi connectivity index (χ1n) is 10.0. The zero-order valence-electron chi connectivity index (χ0n) is 16.9. The lowest BCUT2D eigenvalue weighted by atomic mass is 9.91. The Morgan fingerprint density at radius 2 is 2.00 bits per heavy atom. The molecular weight excluding hydrogens is 326 g/mol. The number of hydrogen-bond acceptors (Lipinski definition) is 4. The van der Waals surface area contributed by atoms with E-state index >= 15 is 0 Å². The van der Waals surface area contributed by atoms with Gasteiger partial charge in [-0.05, 0) is 79.3 Å². The van der Waals surface area contributed by atoms with Crippen LogP contribution in [0.2, 0.25) is 0 Å². The molecule has 0 aromatic carbocycles. The summed E-state index contributed by atoms with van der Waals surface area (Å²) in [7, 11) is 0. The van der Waals surface area contributed by atoms with Crippen molar-refractivity contribution in [1.29, 1.82) is 0 Å². The minimum Gasteiger partial charge on any atom is -0.443 e. The minimum absolute atomic E-state index is 0.201. The summed E-state index contributed by atoms with van der Waals surface area (Å²) >= 11 is 0. The molecule has 0 spiro atoms. The van der Waals surface area contributed by atoms with Crippen LogP contribution in [-0.2, 0) is 4.74 Å². The lowest BCUT2D eigenvalue weighted by Gasteiger charge is -2.39. The van der Waals surface area contributed by atoms with E-state index < -0.39 is 5.60 Å². The van der Waals surface area contributed by atoms with Crippen LogP contribution in [0.25, 0.3) is 0 Å². The Morgan fingerprint density at radius 3 is 2.58 bits per heavy atom. The summed E-state index contributed by atoms with van der Waals surface area (Å²) in [5, 5.41) is 0. The Morgan fingerprint density at radius 1 is 1.27 bits per heavy atom. The van der Waals surface area contributed by atoms with Crippen molar-refractivity contribution in [3.63, 3.8) is 0 Å². The van der Waals surface area contributed by atoms with E-state index in [0.717, 1.165) is 43.6 Å². The fourth-order valence-corrected chi connectivity index (χ4v) is 3.98. The van der Waals surface area contributed by atoms with Crippen LogP contribution in [-0.4, -0.2) is 40.2 Å². The zero-order chi connectivity index (χ0) is 18.9. The van der Waals surface area contributed by atoms with E-state index in [4.69, 9.17) is 4.74 Å². The summed E-state index contributed by atoms with van der Waals surface area (Å²) < 4.78 is 5.74. The third-order valence-electron chi connectivity index (χ3n) is 5.39. The Hall–Kier alpha value is -1.62. The molecule has 2 fully saturated rings. The van der Waals surface area contributed by atoms with Gasteiger partial charge in [0.05, 0.1) is 0 Å². The number of rotatable bonds is 4. The molecule has 2 aliphatic rings. The van der Waals surface area contributed by atoms with Gasteiger partial charge in [0.2, 0.25) is 0 Å². The van der Waals surface area contributed by atoms with Gasteiger partial charge in [-0.25, -0.2) is 9.78 Å². The van der Waals surface area contributed by atoms with Crippen molar-refractivity contribution >= 4 is 11.9 Å². The number of carbonyl (C=O) groups excluding carboxylic acids is 1. The molecule has 0 N–H and O–H groups in total. The average Bonchev–Trinajstić information content (AvgIpc) is 2.98. The highest BCUT2D eigenvalue weighted by Gasteiger charge is 2.38. The van der Waals surface area contributed by atoms with Gasteiger partial charge in [-0.1, -0.05) is 6.07 Å². The lowest BCUT2D eigenvalue weighted by molar-refractivity contribution is 0.0547. The molecule has 1 amide bonds. The topological polar surface area (TPSA) is 45.7 Å². The number of amides is 1. The van der Waals surface area contributed by atoms with Crippen molar-refractivity contribution in [3.05, 3.63) is 23.9 Å². The Bertz CT molecular complexity index is 634. The Labute approximate surface area is 157 Å². The summed E-state index contributed by atoms with van der Waals surface area (Å²) in [6.45, 7) is 11.3. The van der Waals surface area contributed by atoms with Gasteiger partial charge >= 0.3 is 6.09 Å². The van der Waals surface area contributed by atoms with Crippen LogP contribution in [0, 0.1) is 0 Å². The van der Waals surface area contributed by atoms with Crippen LogP contribution in [0.4, 0.5) is 10.6 Å². The molecule has 26 heavy (non-hydrogen) atoms. The maximum absolute atomic E-state index is 13.0. The third-order valence-corrected chi connectivity index (χ3v) is 5.39. The van der Waals surface area contributed by atoms with Crippen LogP contribution in [0.3, 0.4) is 0 Å². The summed E-state index contributed by atoms with van der Waals surface area (Å²) in [6, 6.07) is 5.14. The average molecular weight is 360 g/mol. The molecule has 1 aliphatic heterocycles. The lowest BCUT2D eigenvalue weighted by Crippen LogP contribution is -2.48. The Balaban J connectivity index is 1.96. The van der Waals surface area contributed by atoms with Crippen molar-refractivity contribution < 1.29 is 9.53 Å². The minimum atomic E-state index is -0.509. The number of anilines is 1. The van der Waals surface area contributed by atoms with E-state index in [0.29, 0.717) is 12.1 Å². The molecular formula is C21H33N3O2. The highest BCUT2D eigenvalue weighted by Crippen LogP contribution is 2.40. The van der Waals surface area contributed by atoms with E-state index in [1.807, 2.05) is 31.7 Å². The molecule has 144 valence electrons. The van der Waals surface area contributed by atoms with Gasteiger partial charge in [0.1, 0.15) is 11.4 Å². The number of ether oxygens (including phenoxy) is 1. The van der Waals surface area contributed by atoms with Crippen LogP contribution in [0.1, 0.15) is 78.3 Å². The first-order chi connectivity index (χ1) is 12.3. The first kappa shape index (κ1) is 19.2. The molecule has 2 heterocycles. The normalized spacial score (nSPS) is 21.7. The molecule has 5 heteroatoms. The van der Waals surface area contributed by atoms with Crippen LogP contribution >= 0.6 is 0 Å². The highest BCUT2D eigenvalue weighted by atomic mass is 16.6. The molecule has 1 atom stereocenters. The molecule has 1 saturated heterocycles. The molecule has 1 unspecified atom stereocenters. The van der Waals surface area contributed by atoms with E-state index in [2.05, 4.69) is 29.8 Å². The zero-order valence-corrected chi connectivity index (χ0v) is 16.9. The second-order valence-electron chi connectivity index (χ2n) is 8.84. The fraction of sp³-hybridized carbons (Fsp3) is 0.714. The van der Waals surface area contributed by atoms with Crippen LogP contribution in [0.5, 0.6) is 0 Å². The molecule has 1 aliphatic carbocycles. The number of aromatic nitrogens is 1. The van der Waals surface area contributed by atoms with Gasteiger partial charge in [0.25, 0.3) is 0 Å². The summed E-state index contributed by atoms with van der Waals surface area (Å²) in [5.41, 5.74) is 0.655. The van der Waals surface area contributed by atoms with Crippen molar-refractivity contribution in [1.82, 2.24) is 9.88 Å². The predicted molar refractivity (Wildman–Crippen MR) is 104 cm³/mol. The Kier molecular flexibility index (Phi) is 5.56. The molecule has 1 aromatic heterocycles. The number of pyridine rings is 1. The smallest absolute Gasteiger partial charge is 0.416 e. The van der Waals surface area contributed by atoms with Crippen molar-refractivity contribution in [3.8, 4) is 0 Å². The largest absolute Gasteiger partial charge is 0.443 e. The fourth-order valence-electron chi connectivity index (χ4n) is 3.98. The molecule has 0 radical (unpaired) electrons. The van der Waals surface area contributed by atoms with Gasteiger partial charge in [-0.15, -0.1) is 0 Å². The van der Waals surface area contributed by atoms with Gasteiger partial charge in [0.15, 0.2) is 0 Å². The summed E-state index contributed by atoms with van der Waals surface area (Å²) in [5.74, 6) is 0.795. The third kappa shape index (κ3) is 4.03. The van der Waals surface area contributed by atoms with E-state index in [-0.39, 0.29) is 12.1 Å². The van der Waals surface area contributed by atoms with Gasteiger partial charge in [0, 0.05) is 29.9 Å². The quantitative estimate of drug-likeness (QED) is 0.765. The SMILES string of the molecule is CC(C)N1CCCC1c1cccnc1N(C(=O)OC(C)(C)C)C1CCC1. The molecule has 1 saturated carbocycles. The van der Waals surface area contributed by atoms with E-state index in [9.17, 15) is 4.79 Å². The van der Waals surface area contributed by atoms with Crippen LogP contribution in [0.15, 0.2) is 18.3 Å². The van der Waals surface area contributed by atoms with Crippen molar-refractivity contribution in [2.24, 2.45) is 0 Å². The van der Waals surface area contributed by atoms with Gasteiger partial charge in [-0.3, -0.25) is 9.80 Å². The number of hydrogen-bond donors (Lipinski definition) is 0. The van der Waals surface area contributed by atoms with Crippen molar-refractivity contribution in [2.75, 3.05) is 11.4 Å². The number of nitrogens with zero attached hydrogens (tertiary/aromatic N) is 3. The second kappa shape index (κ2) is 7.55. The van der Waals surface area contributed by atoms with Gasteiger partial charge < -0.3 is 4.74 Å². The van der Waals surface area contributed by atoms with Crippen molar-refractivity contribution in [2.45, 2.75) is 90.4 Å².